The third-order valence-corrected chi connectivity index (χ3v) is 3.79. The van der Waals surface area contributed by atoms with Gasteiger partial charge in [0, 0.05) is 10.5 Å². The van der Waals surface area contributed by atoms with E-state index >= 15 is 0 Å². The topological polar surface area (TPSA) is 21.3 Å². The minimum absolute atomic E-state index is 0.0599. The molecule has 0 saturated heterocycles. The Balaban J connectivity index is 2.21. The minimum Gasteiger partial charge on any atom is -0.497 e. The van der Waals surface area contributed by atoms with Crippen molar-refractivity contribution in [2.24, 2.45) is 0 Å². The Labute approximate surface area is 127 Å². The quantitative estimate of drug-likeness (QED) is 0.886. The highest BCUT2D eigenvalue weighted by molar-refractivity contribution is 9.10. The SMILES string of the molecule is CNC(Cc1cc(Br)ccc1F)c1ccc(OC)cc1. The van der Waals surface area contributed by atoms with E-state index in [1.165, 1.54) is 6.07 Å². The van der Waals surface area contributed by atoms with Crippen molar-refractivity contribution in [2.75, 3.05) is 14.2 Å². The zero-order chi connectivity index (χ0) is 14.5. The van der Waals surface area contributed by atoms with E-state index in [1.54, 1.807) is 13.2 Å². The maximum atomic E-state index is 13.8. The Morgan fingerprint density at radius 1 is 1.20 bits per heavy atom. The Hall–Kier alpha value is -1.39. The van der Waals surface area contributed by atoms with Gasteiger partial charge in [0.25, 0.3) is 0 Å². The van der Waals surface area contributed by atoms with Crippen molar-refractivity contribution in [1.82, 2.24) is 5.32 Å². The van der Waals surface area contributed by atoms with Gasteiger partial charge in [-0.05, 0) is 54.9 Å². The first-order valence-corrected chi connectivity index (χ1v) is 7.18. The Morgan fingerprint density at radius 3 is 2.50 bits per heavy atom. The number of ether oxygens (including phenoxy) is 1. The molecule has 4 heteroatoms. The molecule has 0 radical (unpaired) electrons. The molecular formula is C16H17BrFNO. The lowest BCUT2D eigenvalue weighted by Gasteiger charge is -2.17. The van der Waals surface area contributed by atoms with E-state index in [0.29, 0.717) is 12.0 Å². The molecule has 0 heterocycles. The molecule has 0 aliphatic heterocycles. The predicted octanol–water partition coefficient (Wildman–Crippen LogP) is 4.10. The van der Waals surface area contributed by atoms with Crippen LogP contribution in [0.2, 0.25) is 0 Å². The van der Waals surface area contributed by atoms with E-state index in [2.05, 4.69) is 21.2 Å². The fourth-order valence-corrected chi connectivity index (χ4v) is 2.55. The molecular weight excluding hydrogens is 321 g/mol. The molecule has 20 heavy (non-hydrogen) atoms. The fraction of sp³-hybridized carbons (Fsp3) is 0.250. The average molecular weight is 338 g/mol. The molecule has 1 atom stereocenters. The van der Waals surface area contributed by atoms with Crippen LogP contribution in [0.5, 0.6) is 5.75 Å². The maximum absolute atomic E-state index is 13.8. The molecule has 2 aromatic carbocycles. The molecule has 2 aromatic rings. The van der Waals surface area contributed by atoms with Crippen molar-refractivity contribution >= 4 is 15.9 Å². The molecule has 0 saturated carbocycles. The summed E-state index contributed by atoms with van der Waals surface area (Å²) in [6.07, 6.45) is 0.591. The number of rotatable bonds is 5. The molecule has 1 unspecified atom stereocenters. The van der Waals surface area contributed by atoms with Crippen LogP contribution >= 0.6 is 15.9 Å². The second-order valence-corrected chi connectivity index (χ2v) is 5.47. The van der Waals surface area contributed by atoms with Crippen LogP contribution in [0, 0.1) is 5.82 Å². The summed E-state index contributed by atoms with van der Waals surface area (Å²) >= 11 is 3.38. The molecule has 0 bridgehead atoms. The fourth-order valence-electron chi connectivity index (χ4n) is 2.14. The van der Waals surface area contributed by atoms with Crippen molar-refractivity contribution in [3.63, 3.8) is 0 Å². The molecule has 0 aliphatic carbocycles. The highest BCUT2D eigenvalue weighted by Crippen LogP contribution is 2.24. The second-order valence-electron chi connectivity index (χ2n) is 4.55. The second kappa shape index (κ2) is 6.86. The number of halogens is 2. The molecule has 106 valence electrons. The molecule has 2 rings (SSSR count). The van der Waals surface area contributed by atoms with Gasteiger partial charge in [-0.2, -0.15) is 0 Å². The first-order valence-electron chi connectivity index (χ1n) is 6.39. The largest absolute Gasteiger partial charge is 0.497 e. The first kappa shape index (κ1) is 15.0. The van der Waals surface area contributed by atoms with Gasteiger partial charge in [-0.25, -0.2) is 4.39 Å². The average Bonchev–Trinajstić information content (AvgIpc) is 2.48. The minimum atomic E-state index is -0.179. The first-order chi connectivity index (χ1) is 9.63. The van der Waals surface area contributed by atoms with Crippen molar-refractivity contribution in [1.29, 1.82) is 0 Å². The van der Waals surface area contributed by atoms with E-state index in [1.807, 2.05) is 37.4 Å². The van der Waals surface area contributed by atoms with E-state index in [0.717, 1.165) is 15.8 Å². The summed E-state index contributed by atoms with van der Waals surface area (Å²) in [6.45, 7) is 0. The van der Waals surface area contributed by atoms with Crippen LogP contribution in [0.1, 0.15) is 17.2 Å². The van der Waals surface area contributed by atoms with E-state index < -0.39 is 0 Å². The van der Waals surface area contributed by atoms with Gasteiger partial charge in [0.05, 0.1) is 7.11 Å². The van der Waals surface area contributed by atoms with Crippen LogP contribution in [0.25, 0.3) is 0 Å². The van der Waals surface area contributed by atoms with Gasteiger partial charge in [0.15, 0.2) is 0 Å². The standard InChI is InChI=1S/C16H17BrFNO/c1-19-16(11-3-6-14(20-2)7-4-11)10-12-9-13(17)5-8-15(12)18/h3-9,16,19H,10H2,1-2H3. The van der Waals surface area contributed by atoms with Gasteiger partial charge >= 0.3 is 0 Å². The summed E-state index contributed by atoms with van der Waals surface area (Å²) in [7, 11) is 3.52. The van der Waals surface area contributed by atoms with Gasteiger partial charge < -0.3 is 10.1 Å². The van der Waals surface area contributed by atoms with Gasteiger partial charge in [0.2, 0.25) is 0 Å². The third-order valence-electron chi connectivity index (χ3n) is 3.30. The van der Waals surface area contributed by atoms with Crippen LogP contribution < -0.4 is 10.1 Å². The van der Waals surface area contributed by atoms with Crippen molar-refractivity contribution < 1.29 is 9.13 Å². The van der Waals surface area contributed by atoms with Crippen LogP contribution in [-0.2, 0) is 6.42 Å². The molecule has 0 aliphatic rings. The summed E-state index contributed by atoms with van der Waals surface area (Å²) in [5.41, 5.74) is 1.79. The predicted molar refractivity (Wildman–Crippen MR) is 82.6 cm³/mol. The summed E-state index contributed by atoms with van der Waals surface area (Å²) in [6, 6.07) is 12.9. The van der Waals surface area contributed by atoms with Gasteiger partial charge in [0.1, 0.15) is 11.6 Å². The van der Waals surface area contributed by atoms with Gasteiger partial charge in [-0.3, -0.25) is 0 Å². The lowest BCUT2D eigenvalue weighted by Crippen LogP contribution is -2.19. The number of benzene rings is 2. The van der Waals surface area contributed by atoms with Crippen LogP contribution in [0.3, 0.4) is 0 Å². The summed E-state index contributed by atoms with van der Waals surface area (Å²) in [5.74, 6) is 0.638. The number of hydrogen-bond donors (Lipinski definition) is 1. The van der Waals surface area contributed by atoms with E-state index in [9.17, 15) is 4.39 Å². The molecule has 0 aromatic heterocycles. The van der Waals surface area contributed by atoms with Crippen molar-refractivity contribution in [3.05, 3.63) is 63.9 Å². The molecule has 1 N–H and O–H groups in total. The van der Waals surface area contributed by atoms with Gasteiger partial charge in [-0.1, -0.05) is 28.1 Å². The van der Waals surface area contributed by atoms with E-state index in [4.69, 9.17) is 4.74 Å². The normalized spacial score (nSPS) is 12.2. The summed E-state index contributed by atoms with van der Waals surface area (Å²) in [4.78, 5) is 0. The zero-order valence-corrected chi connectivity index (χ0v) is 13.1. The number of likely N-dealkylation sites (N-methyl/N-ethyl adjacent to an activating group) is 1. The smallest absolute Gasteiger partial charge is 0.126 e. The van der Waals surface area contributed by atoms with Gasteiger partial charge in [-0.15, -0.1) is 0 Å². The Kier molecular flexibility index (Phi) is 5.15. The third kappa shape index (κ3) is 3.58. The van der Waals surface area contributed by atoms with Crippen LogP contribution in [-0.4, -0.2) is 14.2 Å². The lowest BCUT2D eigenvalue weighted by atomic mass is 9.98. The maximum Gasteiger partial charge on any atom is 0.126 e. The van der Waals surface area contributed by atoms with Crippen LogP contribution in [0.4, 0.5) is 4.39 Å². The van der Waals surface area contributed by atoms with Crippen molar-refractivity contribution in [2.45, 2.75) is 12.5 Å². The molecule has 0 fully saturated rings. The van der Waals surface area contributed by atoms with E-state index in [-0.39, 0.29) is 11.9 Å². The summed E-state index contributed by atoms with van der Waals surface area (Å²) in [5, 5.41) is 3.23. The highest BCUT2D eigenvalue weighted by atomic mass is 79.9. The number of nitrogens with one attached hydrogen (secondary N) is 1. The molecule has 0 spiro atoms. The molecule has 0 amide bonds. The number of hydrogen-bond acceptors (Lipinski definition) is 2. The zero-order valence-electron chi connectivity index (χ0n) is 11.5. The lowest BCUT2D eigenvalue weighted by molar-refractivity contribution is 0.414. The van der Waals surface area contributed by atoms with Crippen molar-refractivity contribution in [3.8, 4) is 5.75 Å². The summed E-state index contributed by atoms with van der Waals surface area (Å²) < 4.78 is 19.9. The molecule has 2 nitrogen and oxygen atoms in total. The number of methoxy groups -OCH3 is 1. The Morgan fingerprint density at radius 2 is 1.90 bits per heavy atom. The highest BCUT2D eigenvalue weighted by Gasteiger charge is 2.13. The Bertz CT molecular complexity index is 571. The van der Waals surface area contributed by atoms with Crippen LogP contribution in [0.15, 0.2) is 46.9 Å². The monoisotopic (exact) mass is 337 g/mol.